The Balaban J connectivity index is 1.93. The summed E-state index contributed by atoms with van der Waals surface area (Å²) in [4.78, 5) is 12.2. The number of hydrazone groups is 1. The van der Waals surface area contributed by atoms with Gasteiger partial charge in [0.15, 0.2) is 11.5 Å². The predicted molar refractivity (Wildman–Crippen MR) is 107 cm³/mol. The Morgan fingerprint density at radius 3 is 2.46 bits per heavy atom. The van der Waals surface area contributed by atoms with Gasteiger partial charge >= 0.3 is 0 Å². The minimum Gasteiger partial charge on any atom is -0.493 e. The van der Waals surface area contributed by atoms with E-state index in [2.05, 4.69) is 22.7 Å². The SMILES string of the molecule is COc1ccc(/C(C)=N\NC(=O)[C@@H](C)SCc2ccccc2)cc1OC. The van der Waals surface area contributed by atoms with Gasteiger partial charge in [0.1, 0.15) is 0 Å². The van der Waals surface area contributed by atoms with Crippen molar-refractivity contribution in [2.24, 2.45) is 5.10 Å². The third-order valence-corrected chi connectivity index (χ3v) is 5.06. The molecule has 1 atom stereocenters. The molecule has 0 fully saturated rings. The lowest BCUT2D eigenvalue weighted by Gasteiger charge is -2.11. The Morgan fingerprint density at radius 2 is 1.81 bits per heavy atom. The number of amides is 1. The predicted octanol–water partition coefficient (Wildman–Crippen LogP) is 3.87. The summed E-state index contributed by atoms with van der Waals surface area (Å²) in [6.45, 7) is 3.72. The van der Waals surface area contributed by atoms with E-state index < -0.39 is 0 Å². The van der Waals surface area contributed by atoms with E-state index in [-0.39, 0.29) is 11.2 Å². The molecular weight excluding hydrogens is 348 g/mol. The summed E-state index contributed by atoms with van der Waals surface area (Å²) in [6.07, 6.45) is 0. The van der Waals surface area contributed by atoms with Crippen molar-refractivity contribution in [1.29, 1.82) is 0 Å². The smallest absolute Gasteiger partial charge is 0.252 e. The molecule has 0 aliphatic heterocycles. The first-order chi connectivity index (χ1) is 12.5. The highest BCUT2D eigenvalue weighted by atomic mass is 32.2. The Labute approximate surface area is 158 Å². The Hall–Kier alpha value is -2.47. The minimum absolute atomic E-state index is 0.120. The van der Waals surface area contributed by atoms with E-state index in [1.54, 1.807) is 26.0 Å². The van der Waals surface area contributed by atoms with Crippen LogP contribution in [0.15, 0.2) is 53.6 Å². The number of rotatable bonds is 8. The van der Waals surface area contributed by atoms with E-state index in [4.69, 9.17) is 9.47 Å². The summed E-state index contributed by atoms with van der Waals surface area (Å²) >= 11 is 1.58. The first-order valence-electron chi connectivity index (χ1n) is 8.27. The van der Waals surface area contributed by atoms with Crippen LogP contribution < -0.4 is 14.9 Å². The second-order valence-electron chi connectivity index (χ2n) is 5.68. The maximum Gasteiger partial charge on any atom is 0.252 e. The fraction of sp³-hybridized carbons (Fsp3) is 0.300. The van der Waals surface area contributed by atoms with Crippen LogP contribution in [0.25, 0.3) is 0 Å². The lowest BCUT2D eigenvalue weighted by molar-refractivity contribution is -0.120. The number of hydrogen-bond donors (Lipinski definition) is 1. The molecule has 2 aromatic rings. The molecule has 0 saturated carbocycles. The van der Waals surface area contributed by atoms with Crippen molar-refractivity contribution in [3.63, 3.8) is 0 Å². The quantitative estimate of drug-likeness (QED) is 0.564. The highest BCUT2D eigenvalue weighted by molar-refractivity contribution is 7.99. The van der Waals surface area contributed by atoms with Gasteiger partial charge in [-0.25, -0.2) is 5.43 Å². The van der Waals surface area contributed by atoms with Gasteiger partial charge in [-0.2, -0.15) is 5.10 Å². The van der Waals surface area contributed by atoms with Gasteiger partial charge in [0, 0.05) is 11.3 Å². The Kier molecular flexibility index (Phi) is 7.53. The number of hydrogen-bond acceptors (Lipinski definition) is 5. The molecular formula is C20H24N2O3S. The molecule has 0 heterocycles. The largest absolute Gasteiger partial charge is 0.493 e. The van der Waals surface area contributed by atoms with Gasteiger partial charge < -0.3 is 9.47 Å². The lowest BCUT2D eigenvalue weighted by Crippen LogP contribution is -2.27. The molecule has 0 aliphatic carbocycles. The molecule has 1 N–H and O–H groups in total. The third-order valence-electron chi connectivity index (χ3n) is 3.85. The van der Waals surface area contributed by atoms with E-state index >= 15 is 0 Å². The number of benzene rings is 2. The van der Waals surface area contributed by atoms with Crippen molar-refractivity contribution < 1.29 is 14.3 Å². The van der Waals surface area contributed by atoms with Crippen LogP contribution in [0.4, 0.5) is 0 Å². The van der Waals surface area contributed by atoms with Crippen LogP contribution in [-0.2, 0) is 10.5 Å². The van der Waals surface area contributed by atoms with E-state index in [1.165, 1.54) is 5.56 Å². The molecule has 0 aromatic heterocycles. The van der Waals surface area contributed by atoms with Gasteiger partial charge in [-0.15, -0.1) is 11.8 Å². The van der Waals surface area contributed by atoms with Crippen LogP contribution >= 0.6 is 11.8 Å². The average Bonchev–Trinajstić information content (AvgIpc) is 2.69. The number of carbonyl (C=O) groups is 1. The molecule has 2 rings (SSSR count). The summed E-state index contributed by atoms with van der Waals surface area (Å²) in [5.41, 5.74) is 5.38. The monoisotopic (exact) mass is 372 g/mol. The summed E-state index contributed by atoms with van der Waals surface area (Å²) < 4.78 is 10.5. The zero-order chi connectivity index (χ0) is 18.9. The van der Waals surface area contributed by atoms with Gasteiger partial charge in [0.2, 0.25) is 0 Å². The van der Waals surface area contributed by atoms with E-state index in [1.807, 2.05) is 50.2 Å². The molecule has 0 saturated heterocycles. The van der Waals surface area contributed by atoms with E-state index in [0.29, 0.717) is 17.2 Å². The van der Waals surface area contributed by atoms with Gasteiger partial charge in [-0.3, -0.25) is 4.79 Å². The lowest BCUT2D eigenvalue weighted by atomic mass is 10.1. The number of nitrogens with zero attached hydrogens (tertiary/aromatic N) is 1. The molecule has 0 bridgehead atoms. The van der Waals surface area contributed by atoms with Crippen LogP contribution in [0.5, 0.6) is 11.5 Å². The van der Waals surface area contributed by atoms with Crippen LogP contribution in [-0.4, -0.2) is 31.1 Å². The summed E-state index contributed by atoms with van der Waals surface area (Å²) in [6, 6.07) is 15.6. The number of nitrogens with one attached hydrogen (secondary N) is 1. The van der Waals surface area contributed by atoms with Crippen LogP contribution in [0.2, 0.25) is 0 Å². The minimum atomic E-state index is -0.197. The molecule has 0 spiro atoms. The number of carbonyl (C=O) groups excluding carboxylic acids is 1. The third kappa shape index (κ3) is 5.52. The Bertz CT molecular complexity index is 763. The summed E-state index contributed by atoms with van der Waals surface area (Å²) in [5, 5.41) is 4.01. The molecule has 0 unspecified atom stereocenters. The van der Waals surface area contributed by atoms with Crippen molar-refractivity contribution in [3.8, 4) is 11.5 Å². The second kappa shape index (κ2) is 9.87. The normalized spacial score (nSPS) is 12.4. The van der Waals surface area contributed by atoms with Crippen molar-refractivity contribution in [2.45, 2.75) is 24.9 Å². The van der Waals surface area contributed by atoms with Crippen LogP contribution in [0.1, 0.15) is 25.0 Å². The molecule has 6 heteroatoms. The number of thioether (sulfide) groups is 1. The maximum absolute atomic E-state index is 12.2. The molecule has 2 aromatic carbocycles. The number of methoxy groups -OCH3 is 2. The zero-order valence-electron chi connectivity index (χ0n) is 15.5. The fourth-order valence-corrected chi connectivity index (χ4v) is 3.07. The first-order valence-corrected chi connectivity index (χ1v) is 9.32. The van der Waals surface area contributed by atoms with Gasteiger partial charge in [-0.05, 0) is 37.6 Å². The van der Waals surface area contributed by atoms with E-state index in [9.17, 15) is 4.79 Å². The van der Waals surface area contributed by atoms with Crippen molar-refractivity contribution >= 4 is 23.4 Å². The zero-order valence-corrected chi connectivity index (χ0v) is 16.3. The maximum atomic E-state index is 12.2. The molecule has 138 valence electrons. The van der Waals surface area contributed by atoms with Crippen LogP contribution in [0, 0.1) is 0 Å². The van der Waals surface area contributed by atoms with Crippen molar-refractivity contribution in [1.82, 2.24) is 5.43 Å². The Morgan fingerprint density at radius 1 is 1.12 bits per heavy atom. The van der Waals surface area contributed by atoms with Crippen molar-refractivity contribution in [2.75, 3.05) is 14.2 Å². The van der Waals surface area contributed by atoms with Gasteiger partial charge in [0.25, 0.3) is 5.91 Å². The van der Waals surface area contributed by atoms with E-state index in [0.717, 1.165) is 11.3 Å². The first kappa shape index (κ1) is 19.8. The van der Waals surface area contributed by atoms with Gasteiger partial charge in [0.05, 0.1) is 25.2 Å². The molecule has 26 heavy (non-hydrogen) atoms. The standard InChI is InChI=1S/C20H24N2O3S/c1-14(17-10-11-18(24-3)19(12-17)25-4)21-22-20(23)15(2)26-13-16-8-6-5-7-9-16/h5-12,15H,13H2,1-4H3,(H,22,23)/b21-14-/t15-/m1/s1. The van der Waals surface area contributed by atoms with Gasteiger partial charge in [-0.1, -0.05) is 30.3 Å². The number of ether oxygens (including phenoxy) is 2. The highest BCUT2D eigenvalue weighted by Gasteiger charge is 2.13. The van der Waals surface area contributed by atoms with Crippen molar-refractivity contribution in [3.05, 3.63) is 59.7 Å². The summed E-state index contributed by atoms with van der Waals surface area (Å²) in [5.74, 6) is 1.94. The fourth-order valence-electron chi connectivity index (χ4n) is 2.23. The summed E-state index contributed by atoms with van der Waals surface area (Å²) in [7, 11) is 3.18. The molecule has 0 radical (unpaired) electrons. The molecule has 1 amide bonds. The van der Waals surface area contributed by atoms with Crippen LogP contribution in [0.3, 0.4) is 0 Å². The highest BCUT2D eigenvalue weighted by Crippen LogP contribution is 2.27. The molecule has 0 aliphatic rings. The topological polar surface area (TPSA) is 59.9 Å². The molecule has 5 nitrogen and oxygen atoms in total. The second-order valence-corrected chi connectivity index (χ2v) is 7.01. The average molecular weight is 372 g/mol.